The van der Waals surface area contributed by atoms with Gasteiger partial charge in [0.25, 0.3) is 5.91 Å². The molecule has 5 nitrogen and oxygen atoms in total. The zero-order chi connectivity index (χ0) is 15.4. The van der Waals surface area contributed by atoms with Crippen molar-refractivity contribution in [1.29, 1.82) is 5.26 Å². The predicted molar refractivity (Wildman–Crippen MR) is 77.5 cm³/mol. The lowest BCUT2D eigenvalue weighted by atomic mass is 10.0. The van der Waals surface area contributed by atoms with E-state index in [1.54, 1.807) is 30.0 Å². The van der Waals surface area contributed by atoms with Crippen LogP contribution in [0, 0.1) is 18.3 Å². The molecule has 1 atom stereocenters. The van der Waals surface area contributed by atoms with E-state index in [-0.39, 0.29) is 17.7 Å². The van der Waals surface area contributed by atoms with Gasteiger partial charge in [0.05, 0.1) is 23.4 Å². The van der Waals surface area contributed by atoms with Gasteiger partial charge in [0.15, 0.2) is 0 Å². The molecular weight excluding hydrogens is 266 g/mol. The highest BCUT2D eigenvalue weighted by atomic mass is 16.5. The summed E-state index contributed by atoms with van der Waals surface area (Å²) in [6.45, 7) is 6.20. The summed E-state index contributed by atoms with van der Waals surface area (Å²) in [5.74, 6) is 0.0600. The Bertz CT molecular complexity index is 668. The fraction of sp³-hybridized carbons (Fsp3) is 0.312. The van der Waals surface area contributed by atoms with E-state index < -0.39 is 0 Å². The van der Waals surface area contributed by atoms with Gasteiger partial charge >= 0.3 is 0 Å². The summed E-state index contributed by atoms with van der Waals surface area (Å²) < 4.78 is 5.05. The van der Waals surface area contributed by atoms with Gasteiger partial charge in [0, 0.05) is 12.6 Å². The molecule has 1 aromatic carbocycles. The molecular formula is C16H17N3O2. The lowest BCUT2D eigenvalue weighted by Gasteiger charge is -2.27. The zero-order valence-electron chi connectivity index (χ0n) is 12.3. The van der Waals surface area contributed by atoms with Gasteiger partial charge in [-0.25, -0.2) is 0 Å². The second-order valence-corrected chi connectivity index (χ2v) is 4.83. The molecule has 2 rings (SSSR count). The maximum absolute atomic E-state index is 12.5. The first kappa shape index (κ1) is 14.8. The van der Waals surface area contributed by atoms with Crippen molar-refractivity contribution in [3.8, 4) is 6.07 Å². The van der Waals surface area contributed by atoms with Gasteiger partial charge < -0.3 is 9.42 Å². The number of hydrogen-bond acceptors (Lipinski definition) is 4. The average molecular weight is 283 g/mol. The fourth-order valence-corrected chi connectivity index (χ4v) is 2.22. The number of amides is 1. The van der Waals surface area contributed by atoms with Crippen LogP contribution in [0.2, 0.25) is 0 Å². The Morgan fingerprint density at radius 1 is 1.43 bits per heavy atom. The summed E-state index contributed by atoms with van der Waals surface area (Å²) in [7, 11) is 0. The molecule has 0 radical (unpaired) electrons. The van der Waals surface area contributed by atoms with Gasteiger partial charge in [-0.2, -0.15) is 5.26 Å². The molecule has 0 aliphatic heterocycles. The molecule has 1 aromatic heterocycles. The van der Waals surface area contributed by atoms with Crippen molar-refractivity contribution < 1.29 is 9.32 Å². The molecule has 0 bridgehead atoms. The molecule has 1 amide bonds. The molecule has 0 aliphatic carbocycles. The molecule has 2 aromatic rings. The lowest BCUT2D eigenvalue weighted by molar-refractivity contribution is 0.0659. The first-order chi connectivity index (χ1) is 10.1. The molecule has 0 saturated heterocycles. The van der Waals surface area contributed by atoms with Crippen LogP contribution in [0.5, 0.6) is 0 Å². The molecule has 21 heavy (non-hydrogen) atoms. The van der Waals surface area contributed by atoms with Crippen LogP contribution in [0.15, 0.2) is 34.9 Å². The van der Waals surface area contributed by atoms with Crippen LogP contribution in [0.25, 0.3) is 0 Å². The molecule has 108 valence electrons. The number of aryl methyl sites for hydroxylation is 1. The van der Waals surface area contributed by atoms with E-state index in [9.17, 15) is 4.79 Å². The Morgan fingerprint density at radius 3 is 2.57 bits per heavy atom. The van der Waals surface area contributed by atoms with E-state index in [2.05, 4.69) is 11.2 Å². The van der Waals surface area contributed by atoms with E-state index in [1.807, 2.05) is 26.0 Å². The number of aromatic nitrogens is 1. The van der Waals surface area contributed by atoms with E-state index in [1.165, 1.54) is 0 Å². The Balaban J connectivity index is 2.23. The van der Waals surface area contributed by atoms with E-state index in [4.69, 9.17) is 9.78 Å². The van der Waals surface area contributed by atoms with E-state index >= 15 is 0 Å². The van der Waals surface area contributed by atoms with Crippen LogP contribution in [0.3, 0.4) is 0 Å². The van der Waals surface area contributed by atoms with Gasteiger partial charge in [-0.3, -0.25) is 4.79 Å². The summed E-state index contributed by atoms with van der Waals surface area (Å²) in [5, 5.41) is 12.6. The van der Waals surface area contributed by atoms with Crippen LogP contribution in [-0.2, 0) is 0 Å². The standard InChI is InChI=1S/C16H17N3O2/c1-4-19(16(20)15-9-11(2)18-21-15)12(3)14-7-5-13(10-17)6-8-14/h5-9,12H,4H2,1-3H3. The van der Waals surface area contributed by atoms with Crippen molar-refractivity contribution in [3.63, 3.8) is 0 Å². The minimum atomic E-state index is -0.185. The minimum absolute atomic E-state index is 0.111. The molecule has 0 N–H and O–H groups in total. The van der Waals surface area contributed by atoms with Crippen molar-refractivity contribution in [2.24, 2.45) is 0 Å². The summed E-state index contributed by atoms with van der Waals surface area (Å²) in [6.07, 6.45) is 0. The SMILES string of the molecule is CCN(C(=O)c1cc(C)no1)C(C)c1ccc(C#N)cc1. The van der Waals surface area contributed by atoms with Gasteiger partial charge in [-0.1, -0.05) is 17.3 Å². The lowest BCUT2D eigenvalue weighted by Crippen LogP contribution is -2.33. The highest BCUT2D eigenvalue weighted by molar-refractivity contribution is 5.91. The first-order valence-electron chi connectivity index (χ1n) is 6.81. The smallest absolute Gasteiger partial charge is 0.292 e. The van der Waals surface area contributed by atoms with Crippen molar-refractivity contribution in [1.82, 2.24) is 10.1 Å². The average Bonchev–Trinajstić information content (AvgIpc) is 2.94. The molecule has 0 saturated carbocycles. The highest BCUT2D eigenvalue weighted by Gasteiger charge is 2.24. The number of benzene rings is 1. The number of carbonyl (C=O) groups excluding carboxylic acids is 1. The largest absolute Gasteiger partial charge is 0.351 e. The molecule has 0 spiro atoms. The monoisotopic (exact) mass is 283 g/mol. The Morgan fingerprint density at radius 2 is 2.10 bits per heavy atom. The fourth-order valence-electron chi connectivity index (χ4n) is 2.22. The third-order valence-electron chi connectivity index (χ3n) is 3.43. The van der Waals surface area contributed by atoms with Gasteiger partial charge in [0.2, 0.25) is 5.76 Å². The van der Waals surface area contributed by atoms with Gasteiger partial charge in [0.1, 0.15) is 0 Å². The van der Waals surface area contributed by atoms with Crippen LogP contribution in [0.1, 0.15) is 47.3 Å². The van der Waals surface area contributed by atoms with Gasteiger partial charge in [-0.05, 0) is 38.5 Å². The van der Waals surface area contributed by atoms with Crippen LogP contribution < -0.4 is 0 Å². The normalized spacial score (nSPS) is 11.7. The Hall–Kier alpha value is -2.61. The topological polar surface area (TPSA) is 70.1 Å². The summed E-state index contributed by atoms with van der Waals surface area (Å²) >= 11 is 0. The summed E-state index contributed by atoms with van der Waals surface area (Å²) in [4.78, 5) is 14.2. The van der Waals surface area contributed by atoms with Crippen molar-refractivity contribution in [2.75, 3.05) is 6.54 Å². The van der Waals surface area contributed by atoms with Crippen molar-refractivity contribution in [2.45, 2.75) is 26.8 Å². The Kier molecular flexibility index (Phi) is 4.39. The quantitative estimate of drug-likeness (QED) is 0.864. The summed E-state index contributed by atoms with van der Waals surface area (Å²) in [6, 6.07) is 10.8. The third kappa shape index (κ3) is 3.11. The van der Waals surface area contributed by atoms with Crippen LogP contribution in [0.4, 0.5) is 0 Å². The van der Waals surface area contributed by atoms with Crippen molar-refractivity contribution in [3.05, 3.63) is 52.9 Å². The molecule has 0 fully saturated rings. The van der Waals surface area contributed by atoms with Crippen molar-refractivity contribution >= 4 is 5.91 Å². The minimum Gasteiger partial charge on any atom is -0.351 e. The van der Waals surface area contributed by atoms with E-state index in [0.29, 0.717) is 17.8 Å². The zero-order valence-corrected chi connectivity index (χ0v) is 12.3. The van der Waals surface area contributed by atoms with Crippen LogP contribution in [-0.4, -0.2) is 22.5 Å². The number of rotatable bonds is 4. The number of nitriles is 1. The summed E-state index contributed by atoms with van der Waals surface area (Å²) in [5.41, 5.74) is 2.26. The van der Waals surface area contributed by atoms with Gasteiger partial charge in [-0.15, -0.1) is 0 Å². The third-order valence-corrected chi connectivity index (χ3v) is 3.43. The maximum Gasteiger partial charge on any atom is 0.292 e. The molecule has 1 heterocycles. The molecule has 5 heteroatoms. The Labute approximate surface area is 123 Å². The number of carbonyl (C=O) groups is 1. The number of hydrogen-bond donors (Lipinski definition) is 0. The van der Waals surface area contributed by atoms with E-state index in [0.717, 1.165) is 5.56 Å². The van der Waals surface area contributed by atoms with Crippen LogP contribution >= 0.6 is 0 Å². The second kappa shape index (κ2) is 6.23. The molecule has 0 aliphatic rings. The maximum atomic E-state index is 12.5. The highest BCUT2D eigenvalue weighted by Crippen LogP contribution is 2.22. The molecule has 1 unspecified atom stereocenters. The second-order valence-electron chi connectivity index (χ2n) is 4.83. The first-order valence-corrected chi connectivity index (χ1v) is 6.81. The number of nitrogens with zero attached hydrogens (tertiary/aromatic N) is 3. The predicted octanol–water partition coefficient (Wildman–Crippen LogP) is 3.08.